The number of anilines is 1. The Morgan fingerprint density at radius 1 is 1.56 bits per heavy atom. The van der Waals surface area contributed by atoms with E-state index in [4.69, 9.17) is 9.84 Å². The molecule has 0 aromatic heterocycles. The number of carbonyl (C=O) groups is 2. The molecule has 0 bridgehead atoms. The summed E-state index contributed by atoms with van der Waals surface area (Å²) in [7, 11) is 0. The van der Waals surface area contributed by atoms with E-state index in [2.05, 4.69) is 21.2 Å². The van der Waals surface area contributed by atoms with Crippen molar-refractivity contribution in [2.45, 2.75) is 13.0 Å². The molecule has 0 spiro atoms. The molecule has 2 N–H and O–H groups in total. The Labute approximate surface area is 111 Å². The molecule has 7 heteroatoms. The smallest absolute Gasteiger partial charge is 0.332 e. The van der Waals surface area contributed by atoms with E-state index in [9.17, 15) is 14.0 Å². The van der Waals surface area contributed by atoms with E-state index in [0.717, 1.165) is 0 Å². The molecule has 98 valence electrons. The van der Waals surface area contributed by atoms with E-state index >= 15 is 0 Å². The van der Waals surface area contributed by atoms with Gasteiger partial charge in [0.05, 0.1) is 5.69 Å². The number of hydrogen-bond acceptors (Lipinski definition) is 3. The van der Waals surface area contributed by atoms with E-state index in [1.807, 2.05) is 0 Å². The summed E-state index contributed by atoms with van der Waals surface area (Å²) in [5.74, 6) is -2.38. The van der Waals surface area contributed by atoms with Gasteiger partial charge in [-0.25, -0.2) is 9.18 Å². The molecule has 0 aliphatic rings. The minimum Gasteiger partial charge on any atom is -0.479 e. The van der Waals surface area contributed by atoms with Crippen molar-refractivity contribution >= 4 is 33.5 Å². The van der Waals surface area contributed by atoms with Crippen LogP contribution in [0.5, 0.6) is 0 Å². The summed E-state index contributed by atoms with van der Waals surface area (Å²) in [5, 5.41) is 10.8. The second-order valence-corrected chi connectivity index (χ2v) is 4.38. The van der Waals surface area contributed by atoms with Crippen LogP contribution in [0.2, 0.25) is 0 Å². The molecule has 0 radical (unpaired) electrons. The van der Waals surface area contributed by atoms with Crippen molar-refractivity contribution in [3.8, 4) is 0 Å². The van der Waals surface area contributed by atoms with Crippen LogP contribution < -0.4 is 5.32 Å². The van der Waals surface area contributed by atoms with Crippen LogP contribution in [0.3, 0.4) is 0 Å². The van der Waals surface area contributed by atoms with Crippen molar-refractivity contribution in [3.63, 3.8) is 0 Å². The van der Waals surface area contributed by atoms with Gasteiger partial charge in [0.2, 0.25) is 5.91 Å². The second-order valence-electron chi connectivity index (χ2n) is 3.46. The molecule has 1 rings (SSSR count). The molecule has 0 aliphatic heterocycles. The van der Waals surface area contributed by atoms with Gasteiger partial charge in [0.25, 0.3) is 0 Å². The van der Waals surface area contributed by atoms with Crippen LogP contribution in [-0.2, 0) is 14.3 Å². The number of aliphatic carboxylic acids is 1. The molecular weight excluding hydrogens is 309 g/mol. The number of benzene rings is 1. The Morgan fingerprint density at radius 3 is 2.78 bits per heavy atom. The normalized spacial score (nSPS) is 11.9. The van der Waals surface area contributed by atoms with Crippen LogP contribution in [0.4, 0.5) is 10.1 Å². The van der Waals surface area contributed by atoms with Crippen molar-refractivity contribution in [2.75, 3.05) is 11.9 Å². The third-order valence-electron chi connectivity index (χ3n) is 2.02. The SMILES string of the molecule is C[C@H](OCC(=O)Nc1ccc(Br)cc1F)C(=O)O. The van der Waals surface area contributed by atoms with Crippen LogP contribution in [0.1, 0.15) is 6.92 Å². The van der Waals surface area contributed by atoms with Crippen molar-refractivity contribution < 1.29 is 23.8 Å². The zero-order valence-corrected chi connectivity index (χ0v) is 11.0. The van der Waals surface area contributed by atoms with Crippen LogP contribution in [0.25, 0.3) is 0 Å². The Hall–Kier alpha value is -1.47. The summed E-state index contributed by atoms with van der Waals surface area (Å²) < 4.78 is 18.7. The van der Waals surface area contributed by atoms with Crippen LogP contribution in [-0.4, -0.2) is 29.7 Å². The van der Waals surface area contributed by atoms with E-state index in [-0.39, 0.29) is 5.69 Å². The summed E-state index contributed by atoms with van der Waals surface area (Å²) in [6, 6.07) is 4.16. The average molecular weight is 320 g/mol. The Balaban J connectivity index is 2.52. The first-order valence-electron chi connectivity index (χ1n) is 4.99. The fourth-order valence-corrected chi connectivity index (χ4v) is 1.38. The highest BCUT2D eigenvalue weighted by molar-refractivity contribution is 9.10. The minimum atomic E-state index is -1.17. The van der Waals surface area contributed by atoms with Crippen LogP contribution >= 0.6 is 15.9 Å². The molecule has 0 saturated carbocycles. The van der Waals surface area contributed by atoms with Gasteiger partial charge in [-0.2, -0.15) is 0 Å². The van der Waals surface area contributed by atoms with Gasteiger partial charge >= 0.3 is 5.97 Å². The summed E-state index contributed by atoms with van der Waals surface area (Å²) in [5.41, 5.74) is 0.00905. The number of amides is 1. The van der Waals surface area contributed by atoms with Crippen molar-refractivity contribution in [3.05, 3.63) is 28.5 Å². The quantitative estimate of drug-likeness (QED) is 0.870. The number of carboxylic acid groups (broad SMARTS) is 1. The largest absolute Gasteiger partial charge is 0.479 e. The van der Waals surface area contributed by atoms with E-state index in [0.29, 0.717) is 4.47 Å². The number of carboxylic acids is 1. The van der Waals surface area contributed by atoms with Crippen LogP contribution in [0, 0.1) is 5.82 Å². The molecule has 0 aliphatic carbocycles. The maximum Gasteiger partial charge on any atom is 0.332 e. The summed E-state index contributed by atoms with van der Waals surface area (Å²) in [6.45, 7) is 0.846. The molecule has 18 heavy (non-hydrogen) atoms. The first-order valence-corrected chi connectivity index (χ1v) is 5.78. The molecule has 1 atom stereocenters. The van der Waals surface area contributed by atoms with Gasteiger partial charge in [0.15, 0.2) is 6.10 Å². The summed E-state index contributed by atoms with van der Waals surface area (Å²) >= 11 is 3.09. The number of ether oxygens (including phenoxy) is 1. The Bertz CT molecular complexity index is 466. The molecule has 0 heterocycles. The molecule has 1 aromatic carbocycles. The number of rotatable bonds is 5. The van der Waals surface area contributed by atoms with Gasteiger partial charge in [-0.1, -0.05) is 15.9 Å². The predicted octanol–water partition coefficient (Wildman–Crippen LogP) is 2.02. The number of carbonyl (C=O) groups excluding carboxylic acids is 1. The fraction of sp³-hybridized carbons (Fsp3) is 0.273. The number of halogens is 2. The number of hydrogen-bond donors (Lipinski definition) is 2. The van der Waals surface area contributed by atoms with Gasteiger partial charge in [-0.05, 0) is 25.1 Å². The van der Waals surface area contributed by atoms with Gasteiger partial charge < -0.3 is 15.2 Å². The lowest BCUT2D eigenvalue weighted by Gasteiger charge is -2.09. The van der Waals surface area contributed by atoms with Crippen molar-refractivity contribution in [1.29, 1.82) is 0 Å². The highest BCUT2D eigenvalue weighted by Gasteiger charge is 2.14. The zero-order valence-electron chi connectivity index (χ0n) is 9.44. The van der Waals surface area contributed by atoms with Crippen molar-refractivity contribution in [2.24, 2.45) is 0 Å². The lowest BCUT2D eigenvalue weighted by Crippen LogP contribution is -2.26. The van der Waals surface area contributed by atoms with Gasteiger partial charge in [-0.3, -0.25) is 4.79 Å². The molecular formula is C11H11BrFNO4. The average Bonchev–Trinajstić information content (AvgIpc) is 2.29. The van der Waals surface area contributed by atoms with Gasteiger partial charge in [0, 0.05) is 4.47 Å². The Morgan fingerprint density at radius 2 is 2.22 bits per heavy atom. The maximum absolute atomic E-state index is 13.4. The number of nitrogens with one attached hydrogen (secondary N) is 1. The van der Waals surface area contributed by atoms with Gasteiger partial charge in [0.1, 0.15) is 12.4 Å². The second kappa shape index (κ2) is 6.46. The standard InChI is InChI=1S/C11H11BrFNO4/c1-6(11(16)17)18-5-10(15)14-9-3-2-7(12)4-8(9)13/h2-4,6H,5H2,1H3,(H,14,15)(H,16,17)/t6-/m0/s1. The monoisotopic (exact) mass is 319 g/mol. The van der Waals surface area contributed by atoms with Crippen molar-refractivity contribution in [1.82, 2.24) is 0 Å². The molecule has 0 fully saturated rings. The topological polar surface area (TPSA) is 75.6 Å². The predicted molar refractivity (Wildman–Crippen MR) is 65.8 cm³/mol. The first-order chi connectivity index (χ1) is 8.40. The first kappa shape index (κ1) is 14.6. The van der Waals surface area contributed by atoms with Crippen LogP contribution in [0.15, 0.2) is 22.7 Å². The molecule has 0 unspecified atom stereocenters. The fourth-order valence-electron chi connectivity index (χ4n) is 1.05. The van der Waals surface area contributed by atoms with Gasteiger partial charge in [-0.15, -0.1) is 0 Å². The van der Waals surface area contributed by atoms with E-state index in [1.165, 1.54) is 19.1 Å². The van der Waals surface area contributed by atoms with E-state index in [1.54, 1.807) is 6.07 Å². The molecule has 0 saturated heterocycles. The highest BCUT2D eigenvalue weighted by atomic mass is 79.9. The highest BCUT2D eigenvalue weighted by Crippen LogP contribution is 2.19. The zero-order chi connectivity index (χ0) is 13.7. The molecule has 1 amide bonds. The third-order valence-corrected chi connectivity index (χ3v) is 2.51. The third kappa shape index (κ3) is 4.42. The molecule has 1 aromatic rings. The summed E-state index contributed by atoms with van der Waals surface area (Å²) in [6.07, 6.45) is -1.09. The lowest BCUT2D eigenvalue weighted by molar-refractivity contribution is -0.150. The Kier molecular flexibility index (Phi) is 5.24. The van der Waals surface area contributed by atoms with E-state index < -0.39 is 30.4 Å². The minimum absolute atomic E-state index is 0.00905. The maximum atomic E-state index is 13.4. The summed E-state index contributed by atoms with van der Waals surface area (Å²) in [4.78, 5) is 21.8. The molecule has 5 nitrogen and oxygen atoms in total. The lowest BCUT2D eigenvalue weighted by atomic mass is 10.3.